The average molecular weight is 560 g/mol. The first-order valence-electron chi connectivity index (χ1n) is 14.4. The third-order valence-corrected chi connectivity index (χ3v) is 8.46. The van der Waals surface area contributed by atoms with Crippen LogP contribution in [0.3, 0.4) is 0 Å². The van der Waals surface area contributed by atoms with Crippen LogP contribution in [0.2, 0.25) is 0 Å². The van der Waals surface area contributed by atoms with E-state index in [-0.39, 0.29) is 5.82 Å². The van der Waals surface area contributed by atoms with Crippen LogP contribution in [0.4, 0.5) is 4.39 Å². The van der Waals surface area contributed by atoms with Crippen molar-refractivity contribution >= 4 is 33.0 Å². The highest BCUT2D eigenvalue weighted by molar-refractivity contribution is 6.06. The van der Waals surface area contributed by atoms with Gasteiger partial charge in [0.05, 0.1) is 12.6 Å². The number of benzene rings is 6. The molecule has 2 aromatic heterocycles. The van der Waals surface area contributed by atoms with E-state index in [0.29, 0.717) is 5.58 Å². The van der Waals surface area contributed by atoms with Crippen molar-refractivity contribution in [3.63, 3.8) is 0 Å². The molecule has 0 aliphatic heterocycles. The van der Waals surface area contributed by atoms with Gasteiger partial charge < -0.3 is 4.42 Å². The van der Waals surface area contributed by atoms with Crippen molar-refractivity contribution in [1.82, 2.24) is 4.57 Å². The number of furan rings is 1. The highest BCUT2D eigenvalue weighted by Crippen LogP contribution is 2.41. The van der Waals surface area contributed by atoms with Gasteiger partial charge >= 0.3 is 0 Å². The molecule has 43 heavy (non-hydrogen) atoms. The molecule has 0 bridgehead atoms. The van der Waals surface area contributed by atoms with Gasteiger partial charge in [0.25, 0.3) is 5.82 Å². The van der Waals surface area contributed by atoms with Gasteiger partial charge in [-0.15, -0.1) is 0 Å². The molecule has 8 aromatic rings. The Morgan fingerprint density at radius 1 is 0.605 bits per heavy atom. The number of para-hydroxylation sites is 3. The molecule has 0 aliphatic carbocycles. The molecule has 0 radical (unpaired) electrons. The molecule has 0 aliphatic rings. The molecule has 0 amide bonds. The second-order valence-corrected chi connectivity index (χ2v) is 11.0. The molecule has 6 aromatic carbocycles. The molecule has 3 nitrogen and oxygen atoms in total. The van der Waals surface area contributed by atoms with Crippen LogP contribution in [0, 0.1) is 12.7 Å². The van der Waals surface area contributed by atoms with Gasteiger partial charge in [0, 0.05) is 28.0 Å². The minimum absolute atomic E-state index is 0.305. The van der Waals surface area contributed by atoms with E-state index in [1.54, 1.807) is 0 Å². The van der Waals surface area contributed by atoms with E-state index in [0.717, 1.165) is 72.3 Å². The molecule has 4 heteroatoms. The smallest absolute Gasteiger partial charge is 0.295 e. The van der Waals surface area contributed by atoms with Gasteiger partial charge in [-0.25, -0.2) is 8.96 Å². The third kappa shape index (κ3) is 3.98. The molecule has 8 rings (SSSR count). The summed E-state index contributed by atoms with van der Waals surface area (Å²) in [6, 6.07) is 45.3. The number of rotatable bonds is 4. The fraction of sp³-hybridized carbons (Fsp3) is 0.0513. The molecule has 0 unspecified atom stereocenters. The Morgan fingerprint density at radius 2 is 1.23 bits per heavy atom. The summed E-state index contributed by atoms with van der Waals surface area (Å²) in [4.78, 5) is 0. The molecule has 0 saturated heterocycles. The first-order valence-corrected chi connectivity index (χ1v) is 14.4. The van der Waals surface area contributed by atoms with Crippen LogP contribution >= 0.6 is 0 Å². The van der Waals surface area contributed by atoms with Gasteiger partial charge in [-0.3, -0.25) is 0 Å². The Labute approximate surface area is 248 Å². The predicted octanol–water partition coefficient (Wildman–Crippen LogP) is 9.80. The maximum absolute atomic E-state index is 14.1. The van der Waals surface area contributed by atoms with Gasteiger partial charge in [0.2, 0.25) is 0 Å². The largest absolute Gasteiger partial charge is 0.456 e. The topological polar surface area (TPSA) is 21.9 Å². The fourth-order valence-electron chi connectivity index (χ4n) is 6.47. The number of hydrogen-bond acceptors (Lipinski definition) is 1. The van der Waals surface area contributed by atoms with Crippen LogP contribution in [-0.2, 0) is 7.05 Å². The standard InChI is InChI=1S/C39H28FN2O/c1-25-22-36-33(31-21-20-28(40)23-37(31)43-36)24-32(25)39-41(2)34-18-9-10-19-35(34)42(39)38-29(26-12-5-3-6-13-26)16-11-17-30(38)27-14-7-4-8-15-27/h3-24H,1-2H3/q+1. The SMILES string of the molecule is Cc1cc2oc3cc(F)ccc3c2cc1-c1n(-c2c(-c3ccccc3)cccc2-c2ccccc2)c2ccccc2[n+]1C. The van der Waals surface area contributed by atoms with Crippen LogP contribution in [0.25, 0.3) is 72.3 Å². The first-order chi connectivity index (χ1) is 21.1. The van der Waals surface area contributed by atoms with E-state index < -0.39 is 0 Å². The lowest BCUT2D eigenvalue weighted by Crippen LogP contribution is -2.30. The number of hydrogen-bond donors (Lipinski definition) is 0. The maximum atomic E-state index is 14.1. The van der Waals surface area contributed by atoms with E-state index in [4.69, 9.17) is 4.42 Å². The van der Waals surface area contributed by atoms with Crippen LogP contribution in [-0.4, -0.2) is 4.57 Å². The number of halogens is 1. The Balaban J connectivity index is 1.52. The van der Waals surface area contributed by atoms with Crippen LogP contribution in [0.15, 0.2) is 138 Å². The van der Waals surface area contributed by atoms with Crippen molar-refractivity contribution in [3.8, 4) is 39.3 Å². The van der Waals surface area contributed by atoms with Crippen molar-refractivity contribution in [2.45, 2.75) is 6.92 Å². The highest BCUT2D eigenvalue weighted by Gasteiger charge is 2.31. The Hall–Kier alpha value is -5.48. The summed E-state index contributed by atoms with van der Waals surface area (Å²) < 4.78 is 24.9. The van der Waals surface area contributed by atoms with E-state index in [1.165, 1.54) is 12.1 Å². The molecule has 0 spiro atoms. The third-order valence-electron chi connectivity index (χ3n) is 8.46. The summed E-state index contributed by atoms with van der Waals surface area (Å²) in [5, 5.41) is 1.87. The van der Waals surface area contributed by atoms with Crippen molar-refractivity contribution in [2.24, 2.45) is 7.05 Å². The lowest BCUT2D eigenvalue weighted by atomic mass is 9.95. The molecule has 206 valence electrons. The average Bonchev–Trinajstić information content (AvgIpc) is 3.54. The molecular formula is C39H28FN2O+. The Bertz CT molecular complexity index is 2260. The molecule has 0 fully saturated rings. The molecule has 0 saturated carbocycles. The number of aryl methyl sites for hydroxylation is 2. The van der Waals surface area contributed by atoms with Crippen molar-refractivity contribution in [3.05, 3.63) is 145 Å². The monoisotopic (exact) mass is 559 g/mol. The summed E-state index contributed by atoms with van der Waals surface area (Å²) in [7, 11) is 2.13. The zero-order chi connectivity index (χ0) is 29.1. The second-order valence-electron chi connectivity index (χ2n) is 11.0. The van der Waals surface area contributed by atoms with E-state index in [2.05, 4.69) is 138 Å². The summed E-state index contributed by atoms with van der Waals surface area (Å²) >= 11 is 0. The van der Waals surface area contributed by atoms with Gasteiger partial charge in [0.15, 0.2) is 11.0 Å². The van der Waals surface area contributed by atoms with Gasteiger partial charge in [-0.1, -0.05) is 91.0 Å². The Kier molecular flexibility index (Phi) is 5.76. The summed E-state index contributed by atoms with van der Waals surface area (Å²) in [5.41, 5.74) is 11.4. The zero-order valence-electron chi connectivity index (χ0n) is 23.9. The normalized spacial score (nSPS) is 11.6. The minimum atomic E-state index is -0.305. The Morgan fingerprint density at radius 3 is 1.93 bits per heavy atom. The van der Waals surface area contributed by atoms with Gasteiger partial charge in [-0.2, -0.15) is 4.57 Å². The van der Waals surface area contributed by atoms with Crippen molar-refractivity contribution in [1.29, 1.82) is 0 Å². The number of imidazole rings is 1. The number of fused-ring (bicyclic) bond motifs is 4. The minimum Gasteiger partial charge on any atom is -0.456 e. The van der Waals surface area contributed by atoms with Crippen LogP contribution in [0.1, 0.15) is 5.56 Å². The van der Waals surface area contributed by atoms with E-state index >= 15 is 0 Å². The maximum Gasteiger partial charge on any atom is 0.295 e. The summed E-state index contributed by atoms with van der Waals surface area (Å²) in [5.74, 6) is 0.749. The number of aromatic nitrogens is 2. The lowest BCUT2D eigenvalue weighted by Gasteiger charge is -2.15. The molecular weight excluding hydrogens is 531 g/mol. The van der Waals surface area contributed by atoms with Crippen LogP contribution < -0.4 is 4.57 Å². The molecule has 0 atom stereocenters. The van der Waals surface area contributed by atoms with Crippen molar-refractivity contribution < 1.29 is 13.4 Å². The van der Waals surface area contributed by atoms with E-state index in [9.17, 15) is 4.39 Å². The molecule has 2 heterocycles. The van der Waals surface area contributed by atoms with Gasteiger partial charge in [0.1, 0.15) is 22.7 Å². The van der Waals surface area contributed by atoms with Crippen molar-refractivity contribution in [2.75, 3.05) is 0 Å². The van der Waals surface area contributed by atoms with Crippen LogP contribution in [0.5, 0.6) is 0 Å². The highest BCUT2D eigenvalue weighted by atomic mass is 19.1. The summed E-state index contributed by atoms with van der Waals surface area (Å²) in [6.07, 6.45) is 0. The van der Waals surface area contributed by atoms with E-state index in [1.807, 2.05) is 6.07 Å². The first kappa shape index (κ1) is 25.2. The fourth-order valence-corrected chi connectivity index (χ4v) is 6.47. The quantitative estimate of drug-likeness (QED) is 0.197. The summed E-state index contributed by atoms with van der Waals surface area (Å²) in [6.45, 7) is 2.12. The predicted molar refractivity (Wildman–Crippen MR) is 173 cm³/mol. The second kappa shape index (κ2) is 9.81. The number of nitrogens with zero attached hydrogens (tertiary/aromatic N) is 2. The lowest BCUT2D eigenvalue weighted by molar-refractivity contribution is -0.633. The zero-order valence-corrected chi connectivity index (χ0v) is 23.9. The molecule has 0 N–H and O–H groups in total. The van der Waals surface area contributed by atoms with Gasteiger partial charge in [-0.05, 0) is 60.0 Å².